The van der Waals surface area contributed by atoms with Crippen LogP contribution < -0.4 is 19.3 Å². The van der Waals surface area contributed by atoms with Gasteiger partial charge in [-0.2, -0.15) is 0 Å². The molecule has 0 unspecified atom stereocenters. The lowest BCUT2D eigenvalue weighted by molar-refractivity contribution is 0.0319. The molecule has 7 heteroatoms. The van der Waals surface area contributed by atoms with Gasteiger partial charge in [-0.05, 0) is 42.3 Å². The Bertz CT molecular complexity index is 832. The Morgan fingerprint density at radius 3 is 2.86 bits per heavy atom. The highest BCUT2D eigenvalue weighted by Gasteiger charge is 2.21. The minimum atomic E-state index is -0.673. The van der Waals surface area contributed by atoms with Crippen LogP contribution >= 0.6 is 0 Å². The predicted molar refractivity (Wildman–Crippen MR) is 105 cm³/mol. The molecule has 0 radical (unpaired) electrons. The van der Waals surface area contributed by atoms with E-state index in [9.17, 15) is 9.50 Å². The summed E-state index contributed by atoms with van der Waals surface area (Å²) in [6.07, 6.45) is 0.269. The number of anilines is 2. The molecule has 28 heavy (non-hydrogen) atoms. The molecular weight excluding hydrogens is 363 g/mol. The van der Waals surface area contributed by atoms with Crippen LogP contribution in [0.4, 0.5) is 15.8 Å². The van der Waals surface area contributed by atoms with Crippen LogP contribution in [0.2, 0.25) is 0 Å². The van der Waals surface area contributed by atoms with Crippen molar-refractivity contribution in [3.8, 4) is 11.5 Å². The van der Waals surface area contributed by atoms with Crippen molar-refractivity contribution in [2.45, 2.75) is 19.1 Å². The van der Waals surface area contributed by atoms with Crippen molar-refractivity contribution < 1.29 is 23.7 Å². The smallest absolute Gasteiger partial charge is 0.231 e. The molecule has 2 heterocycles. The molecule has 1 atom stereocenters. The summed E-state index contributed by atoms with van der Waals surface area (Å²) in [4.78, 5) is 4.16. The van der Waals surface area contributed by atoms with Crippen LogP contribution in [0.15, 0.2) is 36.4 Å². The molecule has 6 nitrogen and oxygen atoms in total. The third-order valence-electron chi connectivity index (χ3n) is 5.06. The van der Waals surface area contributed by atoms with E-state index < -0.39 is 6.10 Å². The van der Waals surface area contributed by atoms with E-state index in [1.54, 1.807) is 6.07 Å². The lowest BCUT2D eigenvalue weighted by Gasteiger charge is -2.28. The quantitative estimate of drug-likeness (QED) is 0.821. The number of fused-ring (bicyclic) bond motifs is 2. The average Bonchev–Trinajstić information content (AvgIpc) is 3.09. The zero-order valence-electron chi connectivity index (χ0n) is 15.9. The van der Waals surface area contributed by atoms with Crippen LogP contribution in [-0.2, 0) is 11.3 Å². The molecule has 2 aromatic rings. The number of hydrogen-bond donors (Lipinski definition) is 1. The Morgan fingerprint density at radius 1 is 1.11 bits per heavy atom. The first-order chi connectivity index (χ1) is 13.6. The molecule has 4 rings (SSSR count). The SMILES string of the molecule is CN1CCCN(C[C@@H](O)COCc2ccc3c(c2)OCO3)c2cc(F)ccc21. The van der Waals surface area contributed by atoms with Crippen LogP contribution in [0, 0.1) is 5.82 Å². The van der Waals surface area contributed by atoms with Gasteiger partial charge in [-0.15, -0.1) is 0 Å². The number of β-amino-alcohol motifs (C(OH)–C–C–N with tert-alkyl or cyclic N) is 1. The third kappa shape index (κ3) is 4.15. The van der Waals surface area contributed by atoms with E-state index in [2.05, 4.69) is 4.90 Å². The molecule has 2 aromatic carbocycles. The maximum atomic E-state index is 13.8. The lowest BCUT2D eigenvalue weighted by atomic mass is 10.2. The molecule has 0 saturated carbocycles. The number of aliphatic hydroxyl groups excluding tert-OH is 1. The third-order valence-corrected chi connectivity index (χ3v) is 5.06. The average molecular weight is 388 g/mol. The molecule has 0 fully saturated rings. The van der Waals surface area contributed by atoms with Crippen molar-refractivity contribution in [3.63, 3.8) is 0 Å². The molecule has 0 spiro atoms. The summed E-state index contributed by atoms with van der Waals surface area (Å²) in [5.74, 6) is 1.18. The van der Waals surface area contributed by atoms with Gasteiger partial charge in [0, 0.05) is 26.7 Å². The topological polar surface area (TPSA) is 54.4 Å². The monoisotopic (exact) mass is 388 g/mol. The first-order valence-electron chi connectivity index (χ1n) is 9.50. The fourth-order valence-electron chi connectivity index (χ4n) is 3.65. The standard InChI is InChI=1S/C21H25FN2O4/c1-23-7-2-8-24(19-10-16(22)4-5-18(19)23)11-17(25)13-26-12-15-3-6-20-21(9-15)28-14-27-20/h3-6,9-10,17,25H,2,7-8,11-14H2,1H3/t17-/m1/s1. The van der Waals surface area contributed by atoms with Crippen molar-refractivity contribution in [2.75, 3.05) is 49.9 Å². The Morgan fingerprint density at radius 2 is 1.96 bits per heavy atom. The summed E-state index contributed by atoms with van der Waals surface area (Å²) in [5.41, 5.74) is 2.75. The molecule has 0 amide bonds. The number of nitrogens with zero attached hydrogens (tertiary/aromatic N) is 2. The van der Waals surface area contributed by atoms with Crippen molar-refractivity contribution >= 4 is 11.4 Å². The van der Waals surface area contributed by atoms with Crippen molar-refractivity contribution in [2.24, 2.45) is 0 Å². The predicted octanol–water partition coefficient (Wildman–Crippen LogP) is 2.78. The molecule has 150 valence electrons. The number of ether oxygens (including phenoxy) is 3. The van der Waals surface area contributed by atoms with Crippen molar-refractivity contribution in [1.82, 2.24) is 0 Å². The van der Waals surface area contributed by atoms with E-state index in [-0.39, 0.29) is 19.2 Å². The van der Waals surface area contributed by atoms with E-state index in [4.69, 9.17) is 14.2 Å². The van der Waals surface area contributed by atoms with Gasteiger partial charge >= 0.3 is 0 Å². The summed E-state index contributed by atoms with van der Waals surface area (Å²) >= 11 is 0. The van der Waals surface area contributed by atoms with E-state index in [0.717, 1.165) is 42.2 Å². The van der Waals surface area contributed by atoms with Gasteiger partial charge in [0.2, 0.25) is 6.79 Å². The van der Waals surface area contributed by atoms with Gasteiger partial charge in [-0.25, -0.2) is 4.39 Å². The van der Waals surface area contributed by atoms with Gasteiger partial charge in [0.05, 0.1) is 30.7 Å². The fourth-order valence-corrected chi connectivity index (χ4v) is 3.65. The maximum Gasteiger partial charge on any atom is 0.231 e. The Labute approximate surface area is 164 Å². The number of halogens is 1. The van der Waals surface area contributed by atoms with Crippen LogP contribution in [0.5, 0.6) is 11.5 Å². The highest BCUT2D eigenvalue weighted by atomic mass is 19.1. The summed E-state index contributed by atoms with van der Waals surface area (Å²) < 4.78 is 30.1. The van der Waals surface area contributed by atoms with E-state index in [1.165, 1.54) is 12.1 Å². The van der Waals surface area contributed by atoms with Gasteiger partial charge < -0.3 is 29.1 Å². The first kappa shape index (κ1) is 18.8. The van der Waals surface area contributed by atoms with Gasteiger partial charge in [-0.3, -0.25) is 0 Å². The molecule has 0 aliphatic carbocycles. The Balaban J connectivity index is 1.34. The van der Waals surface area contributed by atoms with E-state index in [1.807, 2.05) is 30.1 Å². The van der Waals surface area contributed by atoms with E-state index in [0.29, 0.717) is 18.9 Å². The Hall–Kier alpha value is -2.51. The molecule has 0 saturated heterocycles. The Kier molecular flexibility index (Phi) is 5.54. The molecule has 0 bridgehead atoms. The van der Waals surface area contributed by atoms with Crippen molar-refractivity contribution in [1.29, 1.82) is 0 Å². The first-order valence-corrected chi connectivity index (χ1v) is 9.50. The van der Waals surface area contributed by atoms with Gasteiger partial charge in [-0.1, -0.05) is 6.07 Å². The normalized spacial score (nSPS) is 16.7. The zero-order valence-corrected chi connectivity index (χ0v) is 15.9. The van der Waals surface area contributed by atoms with Gasteiger partial charge in [0.25, 0.3) is 0 Å². The van der Waals surface area contributed by atoms with Gasteiger partial charge in [0.1, 0.15) is 5.82 Å². The molecular formula is C21H25FN2O4. The highest BCUT2D eigenvalue weighted by Crippen LogP contribution is 2.33. The fraction of sp³-hybridized carbons (Fsp3) is 0.429. The molecule has 2 aliphatic heterocycles. The second-order valence-corrected chi connectivity index (χ2v) is 7.21. The molecule has 1 N–H and O–H groups in total. The maximum absolute atomic E-state index is 13.8. The van der Waals surface area contributed by atoms with Crippen LogP contribution in [-0.4, -0.2) is 51.3 Å². The number of hydrogen-bond acceptors (Lipinski definition) is 6. The second kappa shape index (κ2) is 8.24. The summed E-state index contributed by atoms with van der Waals surface area (Å²) in [7, 11) is 2.01. The van der Waals surface area contributed by atoms with Gasteiger partial charge in [0.15, 0.2) is 11.5 Å². The second-order valence-electron chi connectivity index (χ2n) is 7.21. The number of aliphatic hydroxyl groups is 1. The van der Waals surface area contributed by atoms with Crippen LogP contribution in [0.3, 0.4) is 0 Å². The minimum absolute atomic E-state index is 0.200. The minimum Gasteiger partial charge on any atom is -0.454 e. The number of benzene rings is 2. The highest BCUT2D eigenvalue weighted by molar-refractivity contribution is 5.72. The summed E-state index contributed by atoms with van der Waals surface area (Å²) in [6.45, 7) is 2.87. The van der Waals surface area contributed by atoms with Crippen molar-refractivity contribution in [3.05, 3.63) is 47.8 Å². The summed E-state index contributed by atoms with van der Waals surface area (Å²) in [5, 5.41) is 10.5. The largest absolute Gasteiger partial charge is 0.454 e. The molecule has 0 aromatic heterocycles. The van der Waals surface area contributed by atoms with E-state index >= 15 is 0 Å². The van der Waals surface area contributed by atoms with Crippen LogP contribution in [0.25, 0.3) is 0 Å². The molecule has 2 aliphatic rings. The lowest BCUT2D eigenvalue weighted by Crippen LogP contribution is -2.35. The van der Waals surface area contributed by atoms with Crippen LogP contribution in [0.1, 0.15) is 12.0 Å². The number of rotatable bonds is 6. The summed E-state index contributed by atoms with van der Waals surface area (Å²) in [6, 6.07) is 10.5. The zero-order chi connectivity index (χ0) is 19.5.